The highest BCUT2D eigenvalue weighted by atomic mass is 32.2. The van der Waals surface area contributed by atoms with Crippen molar-refractivity contribution >= 4 is 33.1 Å². The molecule has 0 aliphatic rings. The number of nitrogens with one attached hydrogen (secondary N) is 1. The summed E-state index contributed by atoms with van der Waals surface area (Å²) in [6.07, 6.45) is 0.115. The van der Waals surface area contributed by atoms with Crippen molar-refractivity contribution in [2.75, 3.05) is 26.4 Å². The van der Waals surface area contributed by atoms with Crippen LogP contribution in [0.25, 0.3) is 0 Å². The lowest BCUT2D eigenvalue weighted by Gasteiger charge is -2.10. The number of amides is 1. The molecule has 0 heterocycles. The van der Waals surface area contributed by atoms with Gasteiger partial charge in [-0.15, -0.1) is 0 Å². The molecule has 0 atom stereocenters. The molecule has 0 aliphatic heterocycles. The quantitative estimate of drug-likeness (QED) is 0.572. The highest BCUT2D eigenvalue weighted by Crippen LogP contribution is 1.89. The number of carbonyl (C=O) groups is 1. The Bertz CT molecular complexity index is 337. The average molecular weight is 253 g/mol. The van der Waals surface area contributed by atoms with Crippen LogP contribution in [0.1, 0.15) is 6.42 Å². The lowest BCUT2D eigenvalue weighted by Crippen LogP contribution is -2.35. The molecule has 15 heavy (non-hydrogen) atoms. The number of sulfonamides is 1. The van der Waals surface area contributed by atoms with E-state index < -0.39 is 15.8 Å². The van der Waals surface area contributed by atoms with Crippen LogP contribution >= 0.6 is 12.2 Å². The maximum Gasteiger partial charge on any atom is 0.223 e. The Morgan fingerprint density at radius 1 is 1.47 bits per heavy atom. The Balaban J connectivity index is 3.96. The minimum atomic E-state index is -3.49. The molecule has 6 nitrogen and oxygen atoms in total. The van der Waals surface area contributed by atoms with E-state index in [0.29, 0.717) is 0 Å². The molecule has 0 aromatic heterocycles. The summed E-state index contributed by atoms with van der Waals surface area (Å²) in [7, 11) is -0.283. The third-order valence-electron chi connectivity index (χ3n) is 1.49. The van der Waals surface area contributed by atoms with Crippen molar-refractivity contribution in [1.29, 1.82) is 0 Å². The van der Waals surface area contributed by atoms with Crippen LogP contribution in [0.3, 0.4) is 0 Å². The van der Waals surface area contributed by atoms with Gasteiger partial charge in [-0.25, -0.2) is 13.1 Å². The predicted octanol–water partition coefficient (Wildman–Crippen LogP) is -1.33. The monoisotopic (exact) mass is 253 g/mol. The molecule has 0 saturated carbocycles. The molecule has 8 heteroatoms. The topological polar surface area (TPSA) is 92.5 Å². The normalized spacial score (nSPS) is 11.1. The van der Waals surface area contributed by atoms with Gasteiger partial charge in [0.1, 0.15) is 5.75 Å². The number of thiocarbonyl (C=S) groups is 1. The molecule has 3 N–H and O–H groups in total. The predicted molar refractivity (Wildman–Crippen MR) is 61.9 cm³/mol. The second-order valence-corrected chi connectivity index (χ2v) is 5.49. The van der Waals surface area contributed by atoms with Crippen molar-refractivity contribution in [2.45, 2.75) is 6.42 Å². The van der Waals surface area contributed by atoms with Crippen LogP contribution in [0, 0.1) is 0 Å². The zero-order valence-corrected chi connectivity index (χ0v) is 10.3. The Morgan fingerprint density at radius 2 is 2.00 bits per heavy atom. The highest BCUT2D eigenvalue weighted by molar-refractivity contribution is 7.92. The smallest absolute Gasteiger partial charge is 0.223 e. The van der Waals surface area contributed by atoms with Gasteiger partial charge in [-0.3, -0.25) is 4.79 Å². The summed E-state index contributed by atoms with van der Waals surface area (Å²) >= 11 is 4.47. The molecule has 0 spiro atoms. The van der Waals surface area contributed by atoms with E-state index in [-0.39, 0.29) is 23.9 Å². The van der Waals surface area contributed by atoms with E-state index >= 15 is 0 Å². The number of hydrogen-bond acceptors (Lipinski definition) is 4. The van der Waals surface area contributed by atoms with Gasteiger partial charge in [0.25, 0.3) is 0 Å². The molecule has 0 fully saturated rings. The second kappa shape index (κ2) is 5.99. The summed E-state index contributed by atoms with van der Waals surface area (Å²) in [6, 6.07) is 0. The van der Waals surface area contributed by atoms with Crippen LogP contribution in [0.4, 0.5) is 0 Å². The van der Waals surface area contributed by atoms with Crippen LogP contribution in [0.2, 0.25) is 0 Å². The van der Waals surface area contributed by atoms with E-state index in [4.69, 9.17) is 5.73 Å². The van der Waals surface area contributed by atoms with Gasteiger partial charge in [-0.1, -0.05) is 12.2 Å². The van der Waals surface area contributed by atoms with Gasteiger partial charge < -0.3 is 10.6 Å². The molecule has 0 radical (unpaired) electrons. The Morgan fingerprint density at radius 3 is 2.40 bits per heavy atom. The molecule has 0 rings (SSSR count). The van der Waals surface area contributed by atoms with E-state index in [1.807, 2.05) is 0 Å². The Hall–Kier alpha value is -0.730. The van der Waals surface area contributed by atoms with Crippen LogP contribution in [-0.2, 0) is 14.8 Å². The molecule has 0 aromatic rings. The minimum absolute atomic E-state index is 0.0575. The maximum absolute atomic E-state index is 11.2. The second-order valence-electron chi connectivity index (χ2n) is 3.16. The zero-order valence-electron chi connectivity index (χ0n) is 8.69. The van der Waals surface area contributed by atoms with Gasteiger partial charge in [-0.05, 0) is 0 Å². The Kier molecular flexibility index (Phi) is 5.69. The summed E-state index contributed by atoms with van der Waals surface area (Å²) in [4.78, 5) is 12.4. The van der Waals surface area contributed by atoms with E-state index in [0.717, 1.165) is 0 Å². The van der Waals surface area contributed by atoms with Gasteiger partial charge in [0.2, 0.25) is 15.9 Å². The number of carbonyl (C=O) groups excluding carboxylic acids is 1. The number of nitrogens with zero attached hydrogens (tertiary/aromatic N) is 1. The number of rotatable bonds is 6. The summed E-state index contributed by atoms with van der Waals surface area (Å²) in [6.45, 7) is 0.0575. The maximum atomic E-state index is 11.2. The highest BCUT2D eigenvalue weighted by Gasteiger charge is 2.12. The first-order valence-corrected chi connectivity index (χ1v) is 6.26. The van der Waals surface area contributed by atoms with Crippen molar-refractivity contribution < 1.29 is 13.2 Å². The minimum Gasteiger partial charge on any atom is -0.392 e. The fourth-order valence-electron chi connectivity index (χ4n) is 0.775. The van der Waals surface area contributed by atoms with Crippen molar-refractivity contribution in [1.82, 2.24) is 9.62 Å². The van der Waals surface area contributed by atoms with E-state index in [1.165, 1.54) is 4.90 Å². The first-order valence-electron chi connectivity index (χ1n) is 4.20. The third kappa shape index (κ3) is 7.23. The molecular formula is C7H15N3O3S2. The SMILES string of the molecule is CN(C)C(=O)CCNS(=O)(=O)CC(N)=S. The van der Waals surface area contributed by atoms with Gasteiger partial charge in [0.15, 0.2) is 0 Å². The number of hydrogen-bond donors (Lipinski definition) is 2. The summed E-state index contributed by atoms with van der Waals surface area (Å²) in [5, 5.41) is 0. The fourth-order valence-corrected chi connectivity index (χ4v) is 2.13. The van der Waals surface area contributed by atoms with Crippen molar-refractivity contribution in [3.8, 4) is 0 Å². The average Bonchev–Trinajstić information content (AvgIpc) is 2.00. The molecule has 0 aliphatic carbocycles. The van der Waals surface area contributed by atoms with Gasteiger partial charge >= 0.3 is 0 Å². The summed E-state index contributed by atoms with van der Waals surface area (Å²) < 4.78 is 24.6. The first kappa shape index (κ1) is 14.3. The van der Waals surface area contributed by atoms with Crippen LogP contribution in [0.5, 0.6) is 0 Å². The van der Waals surface area contributed by atoms with E-state index in [2.05, 4.69) is 16.9 Å². The standard InChI is InChI=1S/C7H15N3O3S2/c1-10(2)7(11)3-4-9-15(12,13)5-6(8)14/h9H,3-5H2,1-2H3,(H2,8,14). The van der Waals surface area contributed by atoms with Crippen molar-refractivity contribution in [3.63, 3.8) is 0 Å². The molecule has 0 aromatic carbocycles. The largest absolute Gasteiger partial charge is 0.392 e. The molecule has 0 unspecified atom stereocenters. The lowest BCUT2D eigenvalue weighted by atomic mass is 10.4. The van der Waals surface area contributed by atoms with Gasteiger partial charge in [0, 0.05) is 27.1 Å². The van der Waals surface area contributed by atoms with Crippen LogP contribution in [-0.4, -0.2) is 50.6 Å². The molecule has 88 valence electrons. The summed E-state index contributed by atoms with van der Waals surface area (Å²) in [5.41, 5.74) is 5.10. The van der Waals surface area contributed by atoms with Crippen LogP contribution < -0.4 is 10.5 Å². The van der Waals surface area contributed by atoms with Crippen molar-refractivity contribution in [2.24, 2.45) is 5.73 Å². The zero-order chi connectivity index (χ0) is 12.1. The van der Waals surface area contributed by atoms with Crippen LogP contribution in [0.15, 0.2) is 0 Å². The van der Waals surface area contributed by atoms with E-state index in [9.17, 15) is 13.2 Å². The molecular weight excluding hydrogens is 238 g/mol. The van der Waals surface area contributed by atoms with Gasteiger partial charge in [0.05, 0.1) is 4.99 Å². The molecule has 0 saturated heterocycles. The fraction of sp³-hybridized carbons (Fsp3) is 0.714. The number of nitrogens with two attached hydrogens (primary N) is 1. The molecule has 1 amide bonds. The van der Waals surface area contributed by atoms with Crippen molar-refractivity contribution in [3.05, 3.63) is 0 Å². The van der Waals surface area contributed by atoms with Gasteiger partial charge in [-0.2, -0.15) is 0 Å². The molecule has 0 bridgehead atoms. The Labute approximate surface area is 94.9 Å². The first-order chi connectivity index (χ1) is 6.74. The summed E-state index contributed by atoms with van der Waals surface area (Å²) in [5.74, 6) is -0.536. The van der Waals surface area contributed by atoms with E-state index in [1.54, 1.807) is 14.1 Å². The lowest BCUT2D eigenvalue weighted by molar-refractivity contribution is -0.128. The third-order valence-corrected chi connectivity index (χ3v) is 3.15.